The second-order valence-corrected chi connectivity index (χ2v) is 18.0. The van der Waals surface area contributed by atoms with Gasteiger partial charge in [-0.3, -0.25) is 4.79 Å². The number of hydrogen-bond donors (Lipinski definition) is 17. The average Bonchev–Trinajstić information content (AvgIpc) is 3.34. The highest BCUT2D eigenvalue weighted by Crippen LogP contribution is 2.26. The summed E-state index contributed by atoms with van der Waals surface area (Å²) in [5.41, 5.74) is 22.8. The van der Waals surface area contributed by atoms with Crippen molar-refractivity contribution in [2.45, 2.75) is 127 Å². The van der Waals surface area contributed by atoms with Crippen molar-refractivity contribution in [3.63, 3.8) is 0 Å². The third-order valence-electron chi connectivity index (χ3n) is 10.3. The molecule has 1 unspecified atom stereocenters. The highest BCUT2D eigenvalue weighted by molar-refractivity contribution is 5.83. The first kappa shape index (κ1) is 69.2. The van der Waals surface area contributed by atoms with Gasteiger partial charge in [-0.1, -0.05) is 60.7 Å². The predicted octanol–water partition coefficient (Wildman–Crippen LogP) is -4.75. The van der Waals surface area contributed by atoms with Crippen LogP contribution in [-0.4, -0.2) is 119 Å². The lowest BCUT2D eigenvalue weighted by atomic mass is 9.93. The van der Waals surface area contributed by atoms with Gasteiger partial charge in [-0.2, -0.15) is 15.8 Å². The number of carboxylic acids is 3. The van der Waals surface area contributed by atoms with E-state index in [1.165, 1.54) is 25.1 Å². The number of aliphatic hydroxyl groups is 8. The molecule has 0 aliphatic carbocycles. The van der Waals surface area contributed by atoms with Crippen LogP contribution in [0.5, 0.6) is 11.5 Å². The van der Waals surface area contributed by atoms with Gasteiger partial charge in [0.25, 0.3) is 0 Å². The van der Waals surface area contributed by atoms with Gasteiger partial charge in [0.2, 0.25) is 0 Å². The van der Waals surface area contributed by atoms with E-state index in [2.05, 4.69) is 23.6 Å². The molecule has 0 spiro atoms. The van der Waals surface area contributed by atoms with Crippen LogP contribution in [-0.2, 0) is 79.7 Å². The maximum atomic E-state index is 10.7. The van der Waals surface area contributed by atoms with Crippen LogP contribution in [0.15, 0.2) is 72.8 Å². The molecule has 0 bridgehead atoms. The molecule has 4 rings (SSSR count). The molecule has 6 atom stereocenters. The lowest BCUT2D eigenvalue weighted by Crippen LogP contribution is -3.00. The molecule has 4 aromatic carbocycles. The van der Waals surface area contributed by atoms with E-state index >= 15 is 0 Å². The van der Waals surface area contributed by atoms with Crippen LogP contribution in [0.1, 0.15) is 83.3 Å². The van der Waals surface area contributed by atoms with Gasteiger partial charge in [0, 0.05) is 39.5 Å². The SMILES string of the molecule is CC(N)(C#N)Cc1ccc(CO)c(CO)c1.C[C@@](N)(Cc1ccc(O)c(O)c1)C(=O)O.C[C@]([NH3+])(C#N)Cc1ccc(CO)c(CO)c1.C[C@]([NH3+])(C#N)Cc1ccc(CO)c(CO)c1.O=C(O)[C@H](O)[C@@H](O)C(=O)O.[Cl-]. The zero-order valence-corrected chi connectivity index (χ0v) is 42.2. The molecular weight excluding hydrogens is 990 g/mol. The van der Waals surface area contributed by atoms with Gasteiger partial charge >= 0.3 is 17.9 Å². The van der Waals surface area contributed by atoms with E-state index in [-0.39, 0.29) is 70.0 Å². The maximum absolute atomic E-state index is 10.7. The highest BCUT2D eigenvalue weighted by Gasteiger charge is 2.30. The number of nitrogens with zero attached hydrogens (tertiary/aromatic N) is 3. The molecule has 4 aromatic rings. The number of hydrogen-bond acceptors (Lipinski definition) is 18. The van der Waals surface area contributed by atoms with Crippen LogP contribution in [0, 0.1) is 34.0 Å². The first-order valence-electron chi connectivity index (χ1n) is 21.9. The van der Waals surface area contributed by atoms with Crippen molar-refractivity contribution >= 4 is 17.9 Å². The monoisotopic (exact) mass is 1060 g/mol. The molecule has 74 heavy (non-hydrogen) atoms. The number of carboxylic acid groups (broad SMARTS) is 3. The topological polar surface area (TPSA) is 493 Å². The number of carbonyl (C=O) groups is 3. The Kier molecular flexibility index (Phi) is 30.3. The number of halogens is 1. The number of phenols is 2. The number of nitrogens with two attached hydrogens (primary N) is 2. The standard InChI is InChI=1S/3C12H16N2O2.C10H13NO4.C4H6O6.ClH/c3*1-12(14,8-13)5-9-2-3-10(6-15)11(4-9)7-16;1-10(11,9(14)15)5-6-2-3-7(12)8(13)4-6;5-1(3(7)8)2(6)4(9)10;/h3*2-4,15-16H,5-7,14H2,1H3;2-4,12-13H,5,11H2,1H3,(H,14,15);1-2,5-6H,(H,7,8)(H,9,10);1H/p+1/t2*12-;;10-;1-,2-;/m11.11./s1. The summed E-state index contributed by atoms with van der Waals surface area (Å²) in [6.07, 6.45) is -2.97. The van der Waals surface area contributed by atoms with E-state index in [9.17, 15) is 19.5 Å². The third kappa shape index (κ3) is 24.7. The second-order valence-electron chi connectivity index (χ2n) is 18.0. The Bertz CT molecular complexity index is 2370. The smallest absolute Gasteiger partial charge is 0.335 e. The van der Waals surface area contributed by atoms with E-state index in [4.69, 9.17) is 88.5 Å². The number of nitriles is 3. The summed E-state index contributed by atoms with van der Waals surface area (Å²) >= 11 is 0. The van der Waals surface area contributed by atoms with Gasteiger partial charge in [-0.25, -0.2) is 9.59 Å². The van der Waals surface area contributed by atoms with E-state index < -0.39 is 52.3 Å². The first-order chi connectivity index (χ1) is 33.8. The first-order valence-corrected chi connectivity index (χ1v) is 21.9. The summed E-state index contributed by atoms with van der Waals surface area (Å²) in [7, 11) is 0. The fourth-order valence-electron chi connectivity index (χ4n) is 6.16. The molecule has 0 aliphatic rings. The highest BCUT2D eigenvalue weighted by atomic mass is 35.5. The number of quaternary nitrogens is 2. The Balaban J connectivity index is 0. The quantitative estimate of drug-likeness (QED) is 0.0416. The van der Waals surface area contributed by atoms with Crippen LogP contribution in [0.25, 0.3) is 0 Å². The Hall–Kier alpha value is -6.83. The molecule has 24 heteroatoms. The zero-order valence-electron chi connectivity index (χ0n) is 41.5. The van der Waals surface area contributed by atoms with E-state index in [1.54, 1.807) is 45.0 Å². The van der Waals surface area contributed by atoms with Gasteiger partial charge in [-0.15, -0.1) is 0 Å². The number of rotatable bonds is 18. The summed E-state index contributed by atoms with van der Waals surface area (Å²) in [4.78, 5) is 30.3. The van der Waals surface area contributed by atoms with Gasteiger partial charge < -0.3 is 102 Å². The van der Waals surface area contributed by atoms with Gasteiger partial charge in [0.15, 0.2) is 34.8 Å². The third-order valence-corrected chi connectivity index (χ3v) is 10.3. The van der Waals surface area contributed by atoms with Crippen LogP contribution in [0.2, 0.25) is 0 Å². The molecule has 406 valence electrons. The summed E-state index contributed by atoms with van der Waals surface area (Å²) in [5.74, 6) is -5.18. The number of phenolic OH excluding ortho intramolecular Hbond substituents is 2. The summed E-state index contributed by atoms with van der Waals surface area (Å²) < 4.78 is 0. The molecular formula is C50H69ClN7O16+. The largest absolute Gasteiger partial charge is 1.00 e. The fraction of sp³-hybridized carbons (Fsp3) is 0.400. The molecule has 0 saturated heterocycles. The normalized spacial score (nSPS) is 14.3. The molecule has 0 amide bonds. The number of aliphatic carboxylic acids is 3. The number of benzene rings is 4. The molecule has 0 aliphatic heterocycles. The van der Waals surface area contributed by atoms with Crippen LogP contribution >= 0.6 is 0 Å². The number of aliphatic hydroxyl groups excluding tert-OH is 8. The van der Waals surface area contributed by atoms with E-state index in [0.717, 1.165) is 16.7 Å². The minimum absolute atomic E-state index is 0. The zero-order chi connectivity index (χ0) is 56.5. The van der Waals surface area contributed by atoms with E-state index in [0.29, 0.717) is 58.2 Å². The van der Waals surface area contributed by atoms with Gasteiger partial charge in [0.1, 0.15) is 23.2 Å². The molecule has 0 heterocycles. The van der Waals surface area contributed by atoms with Crippen LogP contribution < -0.4 is 35.3 Å². The van der Waals surface area contributed by atoms with Gasteiger partial charge in [-0.05, 0) is 81.6 Å². The minimum Gasteiger partial charge on any atom is -1.00 e. The van der Waals surface area contributed by atoms with E-state index in [1.807, 2.05) is 36.4 Å². The maximum Gasteiger partial charge on any atom is 0.335 e. The van der Waals surface area contributed by atoms with Crippen molar-refractivity contribution in [1.29, 1.82) is 15.8 Å². The molecule has 23 nitrogen and oxygen atoms in total. The van der Waals surface area contributed by atoms with Crippen LogP contribution in [0.3, 0.4) is 0 Å². The molecule has 23 N–H and O–H groups in total. The fourth-order valence-corrected chi connectivity index (χ4v) is 6.16. The lowest BCUT2D eigenvalue weighted by molar-refractivity contribution is -0.449. The molecule has 0 aromatic heterocycles. The summed E-state index contributed by atoms with van der Waals surface area (Å²) in [6, 6.07) is 26.6. The van der Waals surface area contributed by atoms with Crippen molar-refractivity contribution in [1.82, 2.24) is 0 Å². The lowest BCUT2D eigenvalue weighted by Gasteiger charge is -2.19. The van der Waals surface area contributed by atoms with Gasteiger partial charge in [0.05, 0.1) is 45.7 Å². The summed E-state index contributed by atoms with van der Waals surface area (Å²) in [5, 5.41) is 141. The van der Waals surface area contributed by atoms with Crippen molar-refractivity contribution in [3.8, 4) is 29.7 Å². The van der Waals surface area contributed by atoms with Crippen molar-refractivity contribution in [2.75, 3.05) is 0 Å². The Morgan fingerprint density at radius 3 is 1.05 bits per heavy atom. The molecule has 0 saturated carbocycles. The molecule has 0 radical (unpaired) electrons. The average molecular weight is 1060 g/mol. The Morgan fingerprint density at radius 1 is 0.500 bits per heavy atom. The second kappa shape index (κ2) is 32.4. The molecule has 0 fully saturated rings. The van der Waals surface area contributed by atoms with Crippen LogP contribution in [0.4, 0.5) is 0 Å². The predicted molar refractivity (Wildman–Crippen MR) is 259 cm³/mol. The van der Waals surface area contributed by atoms with Crippen molar-refractivity contribution in [2.24, 2.45) is 11.5 Å². The Labute approximate surface area is 434 Å². The van der Waals surface area contributed by atoms with Crippen molar-refractivity contribution < 1.29 is 105 Å². The Morgan fingerprint density at radius 2 is 0.797 bits per heavy atom. The minimum atomic E-state index is -2.27. The van der Waals surface area contributed by atoms with Crippen molar-refractivity contribution in [3.05, 3.63) is 128 Å². The number of aromatic hydroxyl groups is 2. The summed E-state index contributed by atoms with van der Waals surface area (Å²) in [6.45, 7) is 5.97.